The first-order valence-electron chi connectivity index (χ1n) is 10.5. The summed E-state index contributed by atoms with van der Waals surface area (Å²) in [7, 11) is -1.74. The van der Waals surface area contributed by atoms with E-state index in [0.717, 1.165) is 30.6 Å². The number of amides is 1. The van der Waals surface area contributed by atoms with E-state index in [1.807, 2.05) is 29.2 Å². The van der Waals surface area contributed by atoms with Crippen molar-refractivity contribution in [3.8, 4) is 11.5 Å². The van der Waals surface area contributed by atoms with Gasteiger partial charge >= 0.3 is 0 Å². The van der Waals surface area contributed by atoms with Gasteiger partial charge in [-0.2, -0.15) is 0 Å². The highest BCUT2D eigenvalue weighted by molar-refractivity contribution is 8.24. The Morgan fingerprint density at radius 2 is 2.03 bits per heavy atom. The Morgan fingerprint density at radius 3 is 2.78 bits per heavy atom. The molecule has 2 aromatic rings. The van der Waals surface area contributed by atoms with Crippen LogP contribution in [0.15, 0.2) is 46.9 Å². The van der Waals surface area contributed by atoms with E-state index < -0.39 is 11.0 Å². The zero-order valence-corrected chi connectivity index (χ0v) is 18.7. The smallest absolute Gasteiger partial charge is 0.227 e. The number of fused-ring (bicyclic) bond motifs is 1. The fourth-order valence-corrected chi connectivity index (χ4v) is 4.94. The van der Waals surface area contributed by atoms with Crippen LogP contribution >= 0.6 is 11.0 Å². The van der Waals surface area contributed by atoms with Gasteiger partial charge in [-0.05, 0) is 60.1 Å². The number of amidine groups is 1. The van der Waals surface area contributed by atoms with Crippen LogP contribution in [0.3, 0.4) is 0 Å². The van der Waals surface area contributed by atoms with Crippen LogP contribution in [0, 0.1) is 0 Å². The molecule has 0 spiro atoms. The van der Waals surface area contributed by atoms with Crippen molar-refractivity contribution in [3.05, 3.63) is 53.6 Å². The molecule has 0 aliphatic carbocycles. The lowest BCUT2D eigenvalue weighted by atomic mass is 10.0. The fourth-order valence-electron chi connectivity index (χ4n) is 4.06. The van der Waals surface area contributed by atoms with Gasteiger partial charge in [0.05, 0.1) is 30.8 Å². The Hall–Kier alpha value is -2.95. The van der Waals surface area contributed by atoms with Crippen LogP contribution in [0.25, 0.3) is 0 Å². The number of nitrogens with zero attached hydrogens (tertiary/aromatic N) is 2. The van der Waals surface area contributed by atoms with Gasteiger partial charge in [-0.15, -0.1) is 4.40 Å². The summed E-state index contributed by atoms with van der Waals surface area (Å²) in [5, 5.41) is 0. The lowest BCUT2D eigenvalue weighted by molar-refractivity contribution is -0.134. The summed E-state index contributed by atoms with van der Waals surface area (Å²) in [5.41, 5.74) is 7.85. The molecule has 10 heteroatoms. The standard InChI is InChI=1S/C22H28N4O5S/c1-30-17-10-8-15(9-11-17)13-20(27)26-12-3-2-5-16(26)14-31-19-7-4-6-18-21(19)22(23)25-32(28,29)24-18/h4,6-11,16,24,28-29H,2-3,5,12-14H2,1H3,(H2,23,25)/t16-/m1/s1. The van der Waals surface area contributed by atoms with Gasteiger partial charge in [-0.25, -0.2) is 0 Å². The van der Waals surface area contributed by atoms with Crippen molar-refractivity contribution < 1.29 is 23.4 Å². The lowest BCUT2D eigenvalue weighted by Gasteiger charge is -2.36. The molecule has 1 atom stereocenters. The highest BCUT2D eigenvalue weighted by atomic mass is 32.3. The zero-order chi connectivity index (χ0) is 22.7. The molecule has 1 saturated heterocycles. The number of benzene rings is 2. The summed E-state index contributed by atoms with van der Waals surface area (Å²) >= 11 is 0. The first-order chi connectivity index (χ1) is 15.4. The third-order valence-electron chi connectivity index (χ3n) is 5.65. The number of nitrogens with one attached hydrogen (secondary N) is 1. The third-order valence-corrected chi connectivity index (χ3v) is 6.59. The van der Waals surface area contributed by atoms with Gasteiger partial charge in [0.25, 0.3) is 0 Å². The molecule has 32 heavy (non-hydrogen) atoms. The molecule has 0 radical (unpaired) electrons. The summed E-state index contributed by atoms with van der Waals surface area (Å²) in [6, 6.07) is 12.6. The number of likely N-dealkylation sites (tertiary alicyclic amines) is 1. The molecule has 2 heterocycles. The molecular weight excluding hydrogens is 432 g/mol. The van der Waals surface area contributed by atoms with E-state index in [0.29, 0.717) is 36.6 Å². The van der Waals surface area contributed by atoms with Gasteiger partial charge in [0.2, 0.25) is 5.91 Å². The van der Waals surface area contributed by atoms with E-state index in [1.54, 1.807) is 25.3 Å². The molecule has 4 rings (SSSR count). The van der Waals surface area contributed by atoms with Crippen molar-refractivity contribution in [2.24, 2.45) is 10.1 Å². The number of methoxy groups -OCH3 is 1. The summed E-state index contributed by atoms with van der Waals surface area (Å²) < 4.78 is 37.2. The van der Waals surface area contributed by atoms with Crippen molar-refractivity contribution in [1.82, 2.24) is 4.90 Å². The molecule has 1 amide bonds. The van der Waals surface area contributed by atoms with Crippen molar-refractivity contribution in [2.75, 3.05) is 25.0 Å². The number of carbonyl (C=O) groups excluding carboxylic acids is 1. The van der Waals surface area contributed by atoms with Crippen molar-refractivity contribution >= 4 is 28.4 Å². The van der Waals surface area contributed by atoms with E-state index in [-0.39, 0.29) is 17.8 Å². The largest absolute Gasteiger partial charge is 0.497 e. The number of rotatable bonds is 6. The lowest BCUT2D eigenvalue weighted by Crippen LogP contribution is -2.47. The molecule has 9 nitrogen and oxygen atoms in total. The molecule has 0 unspecified atom stereocenters. The molecule has 0 saturated carbocycles. The second kappa shape index (κ2) is 9.27. The topological polar surface area (TPSA) is 130 Å². The summed E-state index contributed by atoms with van der Waals surface area (Å²) in [5.74, 6) is 1.31. The Morgan fingerprint density at radius 1 is 1.25 bits per heavy atom. The van der Waals surface area contributed by atoms with Crippen molar-refractivity contribution in [1.29, 1.82) is 0 Å². The normalized spacial score (nSPS) is 20.4. The SMILES string of the molecule is COc1ccc(CC(=O)N2CCCC[C@@H]2COc2cccc3c2C(N)=NS(O)(O)N3)cc1. The second-order valence-corrected chi connectivity index (χ2v) is 9.27. The van der Waals surface area contributed by atoms with E-state index >= 15 is 0 Å². The predicted molar refractivity (Wildman–Crippen MR) is 125 cm³/mol. The van der Waals surface area contributed by atoms with Crippen LogP contribution in [0.4, 0.5) is 5.69 Å². The molecule has 172 valence electrons. The molecule has 0 aromatic heterocycles. The van der Waals surface area contributed by atoms with E-state index in [2.05, 4.69) is 9.12 Å². The Labute approximate surface area is 188 Å². The number of anilines is 1. The van der Waals surface area contributed by atoms with Gasteiger partial charge in [0, 0.05) is 6.54 Å². The molecule has 5 N–H and O–H groups in total. The quantitative estimate of drug-likeness (QED) is 0.520. The third kappa shape index (κ3) is 4.93. The van der Waals surface area contributed by atoms with Crippen LogP contribution in [-0.2, 0) is 11.2 Å². The highest BCUT2D eigenvalue weighted by Crippen LogP contribution is 2.46. The van der Waals surface area contributed by atoms with Crippen LogP contribution in [-0.4, -0.2) is 52.1 Å². The molecule has 2 aliphatic heterocycles. The number of nitrogens with two attached hydrogens (primary N) is 1. The number of carbonyl (C=O) groups is 1. The van der Waals surface area contributed by atoms with Crippen LogP contribution < -0.4 is 19.9 Å². The number of ether oxygens (including phenoxy) is 2. The average molecular weight is 461 g/mol. The molecule has 2 aromatic carbocycles. The van der Waals surface area contributed by atoms with E-state index in [9.17, 15) is 13.9 Å². The number of hydrogen-bond acceptors (Lipinski definition) is 8. The molecule has 0 bridgehead atoms. The van der Waals surface area contributed by atoms with Gasteiger partial charge in [0.1, 0.15) is 18.1 Å². The molecular formula is C22H28N4O5S. The number of hydrogen-bond donors (Lipinski definition) is 4. The maximum absolute atomic E-state index is 13.0. The minimum atomic E-state index is -3.36. The average Bonchev–Trinajstić information content (AvgIpc) is 2.77. The van der Waals surface area contributed by atoms with Crippen LogP contribution in [0.5, 0.6) is 11.5 Å². The minimum Gasteiger partial charge on any atom is -0.497 e. The summed E-state index contributed by atoms with van der Waals surface area (Å²) in [4.78, 5) is 14.9. The van der Waals surface area contributed by atoms with E-state index in [1.165, 1.54) is 0 Å². The van der Waals surface area contributed by atoms with Crippen LogP contribution in [0.2, 0.25) is 0 Å². The maximum Gasteiger partial charge on any atom is 0.227 e. The maximum atomic E-state index is 13.0. The van der Waals surface area contributed by atoms with Gasteiger partial charge < -0.3 is 20.1 Å². The van der Waals surface area contributed by atoms with Crippen LogP contribution in [0.1, 0.15) is 30.4 Å². The number of piperidine rings is 1. The van der Waals surface area contributed by atoms with Crippen molar-refractivity contribution in [3.63, 3.8) is 0 Å². The Bertz CT molecular complexity index is 1010. The van der Waals surface area contributed by atoms with Gasteiger partial charge in [-0.1, -0.05) is 18.2 Å². The Kier molecular flexibility index (Phi) is 6.45. The monoisotopic (exact) mass is 460 g/mol. The zero-order valence-electron chi connectivity index (χ0n) is 17.9. The summed E-state index contributed by atoms with van der Waals surface area (Å²) in [6.45, 7) is 1.01. The van der Waals surface area contributed by atoms with Crippen molar-refractivity contribution in [2.45, 2.75) is 31.7 Å². The first-order valence-corrected chi connectivity index (χ1v) is 12.0. The van der Waals surface area contributed by atoms with Gasteiger partial charge in [-0.3, -0.25) is 18.6 Å². The van der Waals surface area contributed by atoms with Gasteiger partial charge in [0.15, 0.2) is 5.84 Å². The predicted octanol–water partition coefficient (Wildman–Crippen LogP) is 3.41. The molecule has 2 aliphatic rings. The van der Waals surface area contributed by atoms with E-state index in [4.69, 9.17) is 15.2 Å². The molecule has 1 fully saturated rings. The highest BCUT2D eigenvalue weighted by Gasteiger charge is 2.29. The Balaban J connectivity index is 1.45. The minimum absolute atomic E-state index is 0.00503. The second-order valence-electron chi connectivity index (χ2n) is 7.85. The first kappa shape index (κ1) is 22.3. The summed E-state index contributed by atoms with van der Waals surface area (Å²) in [6.07, 6.45) is 3.17. The fraction of sp³-hybridized carbons (Fsp3) is 0.364.